The molecule has 1 aromatic heterocycles. The van der Waals surface area contributed by atoms with Gasteiger partial charge in [0.1, 0.15) is 18.0 Å². The van der Waals surface area contributed by atoms with Crippen LogP contribution in [0, 0.1) is 0 Å². The number of aromatic nitrogens is 1. The average molecular weight is 280 g/mol. The van der Waals surface area contributed by atoms with Crippen LogP contribution in [0.1, 0.15) is 31.9 Å². The molecule has 1 saturated heterocycles. The summed E-state index contributed by atoms with van der Waals surface area (Å²) >= 11 is 0. The number of rotatable bonds is 6. The first-order valence-electron chi connectivity index (χ1n) is 7.34. The molecule has 0 bridgehead atoms. The van der Waals surface area contributed by atoms with Crippen LogP contribution in [-0.2, 0) is 4.74 Å². The quantitative estimate of drug-likeness (QED) is 0.858. The van der Waals surface area contributed by atoms with E-state index in [1.54, 1.807) is 12.4 Å². The van der Waals surface area contributed by atoms with E-state index in [0.29, 0.717) is 19.0 Å². The van der Waals surface area contributed by atoms with Crippen molar-refractivity contribution in [2.45, 2.75) is 32.5 Å². The minimum Gasteiger partial charge on any atom is -0.492 e. The van der Waals surface area contributed by atoms with Gasteiger partial charge in [-0.2, -0.15) is 0 Å². The maximum absolute atomic E-state index is 10.5. The van der Waals surface area contributed by atoms with Crippen molar-refractivity contribution < 1.29 is 14.6 Å². The van der Waals surface area contributed by atoms with Gasteiger partial charge < -0.3 is 14.6 Å². The Labute approximate surface area is 120 Å². The van der Waals surface area contributed by atoms with E-state index in [9.17, 15) is 5.11 Å². The topological polar surface area (TPSA) is 54.8 Å². The van der Waals surface area contributed by atoms with Gasteiger partial charge in [0.05, 0.1) is 19.4 Å². The Morgan fingerprint density at radius 2 is 2.35 bits per heavy atom. The standard InChI is InChI=1S/C15H24N2O3/c1-3-6-19-13-8-12(9-16-10-13)15(18)14-11-17(4-2)5-7-20-14/h8-10,14-15,18H,3-7,11H2,1-2H3. The molecule has 0 amide bonds. The largest absolute Gasteiger partial charge is 0.492 e. The number of nitrogens with zero attached hydrogens (tertiary/aromatic N) is 2. The monoisotopic (exact) mass is 280 g/mol. The summed E-state index contributed by atoms with van der Waals surface area (Å²) in [6, 6.07) is 1.85. The van der Waals surface area contributed by atoms with Crippen molar-refractivity contribution in [3.8, 4) is 5.75 Å². The van der Waals surface area contributed by atoms with E-state index in [0.717, 1.165) is 31.6 Å². The van der Waals surface area contributed by atoms with Crippen molar-refractivity contribution in [2.75, 3.05) is 32.8 Å². The van der Waals surface area contributed by atoms with Gasteiger partial charge in [-0.25, -0.2) is 0 Å². The Kier molecular flexibility index (Phi) is 5.76. The summed E-state index contributed by atoms with van der Waals surface area (Å²) in [6.07, 6.45) is 3.43. The number of morpholine rings is 1. The fourth-order valence-corrected chi connectivity index (χ4v) is 2.32. The number of pyridine rings is 1. The van der Waals surface area contributed by atoms with Crippen molar-refractivity contribution in [3.63, 3.8) is 0 Å². The summed E-state index contributed by atoms with van der Waals surface area (Å²) in [5.74, 6) is 0.701. The van der Waals surface area contributed by atoms with E-state index in [2.05, 4.69) is 23.7 Å². The minimum absolute atomic E-state index is 0.202. The summed E-state index contributed by atoms with van der Waals surface area (Å²) in [4.78, 5) is 6.42. The van der Waals surface area contributed by atoms with E-state index in [1.807, 2.05) is 6.07 Å². The highest BCUT2D eigenvalue weighted by molar-refractivity contribution is 5.26. The lowest BCUT2D eigenvalue weighted by Crippen LogP contribution is -2.44. The smallest absolute Gasteiger partial charge is 0.137 e. The van der Waals surface area contributed by atoms with Crippen molar-refractivity contribution in [3.05, 3.63) is 24.0 Å². The molecule has 2 rings (SSSR count). The molecule has 1 aromatic rings. The van der Waals surface area contributed by atoms with Crippen LogP contribution in [0.5, 0.6) is 5.75 Å². The van der Waals surface area contributed by atoms with Crippen LogP contribution in [0.25, 0.3) is 0 Å². The Hall–Kier alpha value is -1.17. The molecule has 5 heteroatoms. The normalized spacial score (nSPS) is 21.6. The highest BCUT2D eigenvalue weighted by Crippen LogP contribution is 2.24. The molecule has 5 nitrogen and oxygen atoms in total. The molecule has 1 aliphatic rings. The number of likely N-dealkylation sites (N-methyl/N-ethyl adjacent to an activating group) is 1. The Morgan fingerprint density at radius 3 is 3.10 bits per heavy atom. The van der Waals surface area contributed by atoms with Gasteiger partial charge in [0.25, 0.3) is 0 Å². The predicted octanol–water partition coefficient (Wildman–Crippen LogP) is 1.62. The summed E-state index contributed by atoms with van der Waals surface area (Å²) in [5, 5.41) is 10.5. The maximum atomic E-state index is 10.5. The Morgan fingerprint density at radius 1 is 1.50 bits per heavy atom. The van der Waals surface area contributed by atoms with E-state index >= 15 is 0 Å². The SMILES string of the molecule is CCCOc1cncc(C(O)C2CN(CC)CCO2)c1. The molecule has 0 aromatic carbocycles. The number of aliphatic hydroxyl groups excluding tert-OH is 1. The molecular formula is C15H24N2O3. The maximum Gasteiger partial charge on any atom is 0.137 e. The van der Waals surface area contributed by atoms with Gasteiger partial charge in [0.15, 0.2) is 0 Å². The highest BCUT2D eigenvalue weighted by Gasteiger charge is 2.27. The summed E-state index contributed by atoms with van der Waals surface area (Å²) < 4.78 is 11.2. The lowest BCUT2D eigenvalue weighted by Gasteiger charge is -2.34. The van der Waals surface area contributed by atoms with E-state index < -0.39 is 6.10 Å². The second-order valence-corrected chi connectivity index (χ2v) is 5.05. The summed E-state index contributed by atoms with van der Waals surface area (Å²) in [5.41, 5.74) is 0.751. The van der Waals surface area contributed by atoms with Gasteiger partial charge in [-0.15, -0.1) is 0 Å². The van der Waals surface area contributed by atoms with Gasteiger partial charge in [-0.05, 0) is 19.0 Å². The Bertz CT molecular complexity index is 414. The first-order chi connectivity index (χ1) is 9.74. The molecule has 2 heterocycles. The van der Waals surface area contributed by atoms with Crippen molar-refractivity contribution in [2.24, 2.45) is 0 Å². The second kappa shape index (κ2) is 7.57. The minimum atomic E-state index is -0.665. The molecule has 2 unspecified atom stereocenters. The average Bonchev–Trinajstić information content (AvgIpc) is 2.52. The zero-order valence-electron chi connectivity index (χ0n) is 12.3. The summed E-state index contributed by atoms with van der Waals surface area (Å²) in [6.45, 7) is 8.15. The molecule has 1 N–H and O–H groups in total. The fraction of sp³-hybridized carbons (Fsp3) is 0.667. The third-order valence-corrected chi connectivity index (χ3v) is 3.53. The van der Waals surface area contributed by atoms with Crippen molar-refractivity contribution >= 4 is 0 Å². The Balaban J connectivity index is 2.02. The third-order valence-electron chi connectivity index (χ3n) is 3.53. The highest BCUT2D eigenvalue weighted by atomic mass is 16.5. The molecule has 0 spiro atoms. The van der Waals surface area contributed by atoms with Gasteiger partial charge in [0.2, 0.25) is 0 Å². The van der Waals surface area contributed by atoms with Crippen LogP contribution in [0.4, 0.5) is 0 Å². The van der Waals surface area contributed by atoms with Gasteiger partial charge in [0, 0.05) is 24.8 Å². The molecule has 1 aliphatic heterocycles. The van der Waals surface area contributed by atoms with Crippen LogP contribution in [0.2, 0.25) is 0 Å². The van der Waals surface area contributed by atoms with Crippen LogP contribution in [0.15, 0.2) is 18.5 Å². The lowest BCUT2D eigenvalue weighted by atomic mass is 10.0. The molecule has 1 fully saturated rings. The number of aliphatic hydroxyl groups is 1. The molecule has 20 heavy (non-hydrogen) atoms. The molecule has 0 radical (unpaired) electrons. The van der Waals surface area contributed by atoms with Gasteiger partial charge in [-0.3, -0.25) is 9.88 Å². The molecule has 112 valence electrons. The van der Waals surface area contributed by atoms with Gasteiger partial charge >= 0.3 is 0 Å². The first kappa shape index (κ1) is 15.2. The second-order valence-electron chi connectivity index (χ2n) is 5.05. The zero-order chi connectivity index (χ0) is 14.4. The van der Waals surface area contributed by atoms with Crippen LogP contribution >= 0.6 is 0 Å². The van der Waals surface area contributed by atoms with Crippen LogP contribution in [0.3, 0.4) is 0 Å². The number of hydrogen-bond acceptors (Lipinski definition) is 5. The molecule has 0 aliphatic carbocycles. The third kappa shape index (κ3) is 3.91. The van der Waals surface area contributed by atoms with Crippen LogP contribution in [-0.4, -0.2) is 53.9 Å². The van der Waals surface area contributed by atoms with Crippen molar-refractivity contribution in [1.82, 2.24) is 9.88 Å². The van der Waals surface area contributed by atoms with Crippen molar-refractivity contribution in [1.29, 1.82) is 0 Å². The van der Waals surface area contributed by atoms with E-state index in [-0.39, 0.29) is 6.10 Å². The molecule has 2 atom stereocenters. The summed E-state index contributed by atoms with van der Waals surface area (Å²) in [7, 11) is 0. The number of hydrogen-bond donors (Lipinski definition) is 1. The predicted molar refractivity (Wildman–Crippen MR) is 76.8 cm³/mol. The molecule has 0 saturated carbocycles. The first-order valence-corrected chi connectivity index (χ1v) is 7.34. The zero-order valence-corrected chi connectivity index (χ0v) is 12.3. The number of ether oxygens (including phenoxy) is 2. The lowest BCUT2D eigenvalue weighted by molar-refractivity contribution is -0.0890. The van der Waals surface area contributed by atoms with E-state index in [4.69, 9.17) is 9.47 Å². The van der Waals surface area contributed by atoms with Gasteiger partial charge in [-0.1, -0.05) is 13.8 Å². The van der Waals surface area contributed by atoms with Crippen LogP contribution < -0.4 is 4.74 Å². The molecular weight excluding hydrogens is 256 g/mol. The van der Waals surface area contributed by atoms with E-state index in [1.165, 1.54) is 0 Å². The fourth-order valence-electron chi connectivity index (χ4n) is 2.32.